The van der Waals surface area contributed by atoms with E-state index in [-0.39, 0.29) is 40.5 Å². The fourth-order valence-corrected chi connectivity index (χ4v) is 5.71. The van der Waals surface area contributed by atoms with E-state index in [9.17, 15) is 14.3 Å². The van der Waals surface area contributed by atoms with Crippen LogP contribution in [-0.4, -0.2) is 106 Å². The topological polar surface area (TPSA) is 135 Å². The summed E-state index contributed by atoms with van der Waals surface area (Å²) in [6.45, 7) is 5.50. The van der Waals surface area contributed by atoms with Gasteiger partial charge in [0.05, 0.1) is 17.3 Å². The van der Waals surface area contributed by atoms with E-state index in [0.29, 0.717) is 6.04 Å². The second-order valence-corrected chi connectivity index (χ2v) is 12.9. The van der Waals surface area contributed by atoms with Crippen LogP contribution in [0.5, 0.6) is 5.75 Å². The van der Waals surface area contributed by atoms with Crippen LogP contribution in [0.2, 0.25) is 0 Å². The number of fused-ring (bicyclic) bond motifs is 1. The Hall–Kier alpha value is -3.39. The minimum atomic E-state index is -1.32. The van der Waals surface area contributed by atoms with E-state index in [1.165, 1.54) is 13.1 Å². The molecule has 1 aromatic carbocycles. The van der Waals surface area contributed by atoms with Crippen molar-refractivity contribution in [3.05, 3.63) is 40.4 Å². The van der Waals surface area contributed by atoms with Gasteiger partial charge < -0.3 is 20.5 Å². The van der Waals surface area contributed by atoms with E-state index in [2.05, 4.69) is 49.8 Å². The number of aliphatic hydroxyl groups is 1. The third-order valence-electron chi connectivity index (χ3n) is 8.63. The lowest BCUT2D eigenvalue weighted by Crippen LogP contribution is -2.60. The summed E-state index contributed by atoms with van der Waals surface area (Å²) in [5.74, 6) is -1.43. The molecule has 0 bridgehead atoms. The Morgan fingerprint density at radius 3 is 2.57 bits per heavy atom. The van der Waals surface area contributed by atoms with Crippen molar-refractivity contribution < 1.29 is 18.6 Å². The van der Waals surface area contributed by atoms with Crippen LogP contribution in [0.25, 0.3) is 5.69 Å². The van der Waals surface area contributed by atoms with Gasteiger partial charge in [-0.1, -0.05) is 0 Å². The van der Waals surface area contributed by atoms with Gasteiger partial charge >= 0.3 is 5.69 Å². The fourth-order valence-electron chi connectivity index (χ4n) is 5.71. The third kappa shape index (κ3) is 5.78. The molecule has 2 atom stereocenters. The highest BCUT2D eigenvalue weighted by atomic mass is 19.1. The van der Waals surface area contributed by atoms with Gasteiger partial charge in [-0.05, 0) is 62.6 Å². The molecule has 2 aliphatic rings. The van der Waals surface area contributed by atoms with E-state index in [0.717, 1.165) is 53.9 Å². The second-order valence-electron chi connectivity index (χ2n) is 12.9. The fraction of sp³-hybridized carbons (Fsp3) is 0.542. The molecule has 0 saturated carbocycles. The van der Waals surface area contributed by atoms with Crippen LogP contribution in [-0.2, 0) is 7.05 Å². The van der Waals surface area contributed by atoms with Crippen molar-refractivity contribution in [1.82, 2.24) is 34.7 Å². The number of aryl methyl sites for hydroxylation is 1. The quantitative estimate of drug-likeness (QED) is 0.253. The average Bonchev–Trinajstić information content (AvgIpc) is 3.49. The molecule has 0 spiro atoms. The number of hydrogen-bond donors (Lipinski definition) is 3. The Bertz CT molecular complexity index is 1550. The zero-order chi connectivity index (χ0) is 30.6. The van der Waals surface area contributed by atoms with Crippen LogP contribution < -0.4 is 21.1 Å². The highest BCUT2D eigenvalue weighted by Gasteiger charge is 2.43. The van der Waals surface area contributed by atoms with Crippen LogP contribution in [0.15, 0.2) is 23.1 Å². The Kier molecular flexibility index (Phi) is 7.67. The second kappa shape index (κ2) is 10.7. The Balaban J connectivity index is 1.45. The third-order valence-corrected chi connectivity index (χ3v) is 8.63. The van der Waals surface area contributed by atoms with Gasteiger partial charge in [0.1, 0.15) is 42.8 Å². The Labute approximate surface area is 246 Å². The number of piperidine rings is 1. The summed E-state index contributed by atoms with van der Waals surface area (Å²) < 4.78 is 38.3. The van der Waals surface area contributed by atoms with Crippen LogP contribution in [0.1, 0.15) is 39.5 Å². The predicted octanol–water partition coefficient (Wildman–Crippen LogP) is -2.19. The Morgan fingerprint density at radius 2 is 1.90 bits per heavy atom. The van der Waals surface area contributed by atoms with Crippen molar-refractivity contribution >= 4 is 48.8 Å². The van der Waals surface area contributed by atoms with Crippen LogP contribution in [0.3, 0.4) is 0 Å². The first-order valence-electron chi connectivity index (χ1n) is 14.1. The van der Waals surface area contributed by atoms with E-state index in [1.54, 1.807) is 31.4 Å². The Morgan fingerprint density at radius 1 is 1.17 bits per heavy atom. The molecule has 0 amide bonds. The maximum Gasteiger partial charge on any atom is 0.368 e. The number of anilines is 3. The van der Waals surface area contributed by atoms with Gasteiger partial charge in [0, 0.05) is 36.1 Å². The molecular weight excluding hydrogens is 544 g/mol. The molecule has 3 N–H and O–H groups in total. The summed E-state index contributed by atoms with van der Waals surface area (Å²) in [7, 11) is 7.82. The molecule has 3 aromatic rings. The van der Waals surface area contributed by atoms with Crippen LogP contribution in [0, 0.1) is 11.6 Å². The molecule has 2 fully saturated rings. The van der Waals surface area contributed by atoms with Crippen molar-refractivity contribution in [3.8, 4) is 11.4 Å². The molecule has 5 rings (SSSR count). The highest BCUT2D eigenvalue weighted by Crippen LogP contribution is 2.39. The van der Waals surface area contributed by atoms with Crippen molar-refractivity contribution in [2.45, 2.75) is 68.0 Å². The van der Waals surface area contributed by atoms with Gasteiger partial charge in [-0.15, -0.1) is 0 Å². The van der Waals surface area contributed by atoms with Crippen molar-refractivity contribution in [3.63, 3.8) is 0 Å². The van der Waals surface area contributed by atoms with Crippen molar-refractivity contribution in [2.75, 3.05) is 17.2 Å². The standard InChI is InChI=1S/C24H35B4F2N9O3/c1-22(2)10-12(7-13-5-4-6-38(13)22)32-19-15(30)11-31-20(34-19)33-16-9-17(39-21(40)37(3)35-36-39)18(8-14(16)29)42-24(27,28)23(25,26)41/h8-9,11-13,41H,4-7,10,25-28H2,1-3H3,(H2,31,32,33,34)/t12-,13+/m1/s1. The van der Waals surface area contributed by atoms with E-state index < -0.39 is 28.1 Å². The largest absolute Gasteiger partial charge is 0.502 e. The van der Waals surface area contributed by atoms with Crippen molar-refractivity contribution in [1.29, 1.82) is 0 Å². The highest BCUT2D eigenvalue weighted by molar-refractivity contribution is 6.53. The molecule has 0 unspecified atom stereocenters. The molecule has 18 heteroatoms. The number of rotatable bonds is 8. The lowest BCUT2D eigenvalue weighted by atomic mass is 9.42. The number of halogens is 2. The van der Waals surface area contributed by atoms with E-state index >= 15 is 4.39 Å². The van der Waals surface area contributed by atoms with Gasteiger partial charge in [-0.3, -0.25) is 4.90 Å². The van der Waals surface area contributed by atoms with Crippen LogP contribution in [0.4, 0.5) is 26.2 Å². The molecule has 220 valence electrons. The maximum atomic E-state index is 15.5. The van der Waals surface area contributed by atoms with Gasteiger partial charge in [0.2, 0.25) is 5.95 Å². The zero-order valence-electron chi connectivity index (χ0n) is 25.1. The molecule has 2 aromatic heterocycles. The molecule has 2 aliphatic heterocycles. The van der Waals surface area contributed by atoms with E-state index in [1.807, 2.05) is 0 Å². The molecule has 42 heavy (non-hydrogen) atoms. The molecule has 12 nitrogen and oxygen atoms in total. The van der Waals surface area contributed by atoms with Crippen LogP contribution >= 0.6 is 0 Å². The first kappa shape index (κ1) is 30.1. The first-order valence-corrected chi connectivity index (χ1v) is 14.1. The average molecular weight is 579 g/mol. The number of ether oxygens (including phenoxy) is 1. The number of hydrogen-bond acceptors (Lipinski definition) is 10. The smallest absolute Gasteiger partial charge is 0.368 e. The van der Waals surface area contributed by atoms with Gasteiger partial charge in [0.15, 0.2) is 17.5 Å². The number of nitrogens with zero attached hydrogens (tertiary/aromatic N) is 7. The predicted molar refractivity (Wildman–Crippen MR) is 165 cm³/mol. The SMILES string of the molecule is BC(B)(O)C(B)(B)Oc1cc(F)c(Nc2ncc(F)c(N[C@@H]3C[C@@H]4CCCN4C(C)(C)C3)n2)cc1-n1nnn(C)c1=O. The monoisotopic (exact) mass is 579 g/mol. The van der Waals surface area contributed by atoms with Crippen molar-refractivity contribution in [2.24, 2.45) is 7.05 Å². The summed E-state index contributed by atoms with van der Waals surface area (Å²) in [5, 5.41) is 21.8. The lowest BCUT2D eigenvalue weighted by Gasteiger charge is -2.47. The maximum absolute atomic E-state index is 15.5. The number of aromatic nitrogens is 6. The molecular formula is C24H35B4F2N9O3. The summed E-state index contributed by atoms with van der Waals surface area (Å²) in [6.07, 6.45) is 5.00. The molecule has 4 heterocycles. The molecule has 0 aliphatic carbocycles. The normalized spacial score (nSPS) is 20.7. The molecule has 0 radical (unpaired) electrons. The first-order chi connectivity index (χ1) is 19.6. The van der Waals surface area contributed by atoms with Gasteiger partial charge in [-0.2, -0.15) is 14.3 Å². The molecule has 2 saturated heterocycles. The summed E-state index contributed by atoms with van der Waals surface area (Å²) >= 11 is 0. The summed E-state index contributed by atoms with van der Waals surface area (Å²) in [6, 6.07) is 2.83. The minimum absolute atomic E-state index is 0.0130. The van der Waals surface area contributed by atoms with Gasteiger partial charge in [0.25, 0.3) is 0 Å². The lowest BCUT2D eigenvalue weighted by molar-refractivity contribution is 0.0500. The van der Waals surface area contributed by atoms with E-state index in [4.69, 9.17) is 4.74 Å². The number of tetrazole rings is 1. The number of nitrogens with one attached hydrogen (secondary N) is 2. The number of benzene rings is 1. The zero-order valence-corrected chi connectivity index (χ0v) is 25.1. The van der Waals surface area contributed by atoms with Gasteiger partial charge in [-0.25, -0.2) is 18.6 Å². The summed E-state index contributed by atoms with van der Waals surface area (Å²) in [5.41, 5.74) is -0.656. The minimum Gasteiger partial charge on any atom is -0.502 e. The summed E-state index contributed by atoms with van der Waals surface area (Å²) in [4.78, 5) is 23.6.